The minimum Gasteiger partial charge on any atom is -0.472 e. The highest BCUT2D eigenvalue weighted by Crippen LogP contribution is 2.31. The van der Waals surface area contributed by atoms with Gasteiger partial charge in [-0.05, 0) is 31.9 Å². The lowest BCUT2D eigenvalue weighted by Crippen LogP contribution is -2.28. The number of aliphatic hydroxyl groups is 1. The van der Waals surface area contributed by atoms with Crippen molar-refractivity contribution in [3.63, 3.8) is 0 Å². The Hall–Kier alpha value is -2.71. The van der Waals surface area contributed by atoms with Crippen molar-refractivity contribution in [2.45, 2.75) is 45.8 Å². The number of aryl methyl sites for hydroxylation is 1. The lowest BCUT2D eigenvalue weighted by atomic mass is 10.0. The monoisotopic (exact) mass is 457 g/mol. The van der Waals surface area contributed by atoms with Gasteiger partial charge in [-0.1, -0.05) is 18.5 Å². The second kappa shape index (κ2) is 9.42. The minimum atomic E-state index is -0.152. The Labute approximate surface area is 192 Å². The Morgan fingerprint density at radius 2 is 2.19 bits per heavy atom. The van der Waals surface area contributed by atoms with E-state index in [4.69, 9.17) is 16.3 Å². The quantitative estimate of drug-likeness (QED) is 0.686. The number of carbonyl (C=O) groups is 1. The molecule has 2 aliphatic rings. The first-order chi connectivity index (χ1) is 15.4. The third-order valence-electron chi connectivity index (χ3n) is 6.07. The van der Waals surface area contributed by atoms with Crippen LogP contribution in [0, 0.1) is 13.8 Å². The lowest BCUT2D eigenvalue weighted by Gasteiger charge is -2.22. The molecule has 0 saturated carbocycles. The molecule has 170 valence electrons. The highest BCUT2D eigenvalue weighted by atomic mass is 35.5. The minimum absolute atomic E-state index is 0.0409. The maximum atomic E-state index is 11.9. The number of halogens is 1. The Kier molecular flexibility index (Phi) is 6.62. The van der Waals surface area contributed by atoms with Crippen LogP contribution in [0.2, 0.25) is 0 Å². The maximum absolute atomic E-state index is 11.9. The van der Waals surface area contributed by atoms with Crippen molar-refractivity contribution in [1.82, 2.24) is 19.7 Å². The number of pyridine rings is 1. The van der Waals surface area contributed by atoms with E-state index in [0.717, 1.165) is 41.9 Å². The van der Waals surface area contributed by atoms with Crippen molar-refractivity contribution in [2.75, 3.05) is 26.2 Å². The molecule has 0 aliphatic carbocycles. The fourth-order valence-corrected chi connectivity index (χ4v) is 4.59. The van der Waals surface area contributed by atoms with Crippen LogP contribution in [0.5, 0.6) is 5.88 Å². The highest BCUT2D eigenvalue weighted by Gasteiger charge is 2.29. The van der Waals surface area contributed by atoms with Gasteiger partial charge in [0.25, 0.3) is 0 Å². The number of carbonyl (C=O) groups excluding carboxylic acids is 1. The largest absolute Gasteiger partial charge is 0.472 e. The van der Waals surface area contributed by atoms with Crippen molar-refractivity contribution < 1.29 is 14.6 Å². The third-order valence-corrected chi connectivity index (χ3v) is 6.47. The average molecular weight is 458 g/mol. The Bertz CT molecular complexity index is 1070. The second-order valence-electron chi connectivity index (χ2n) is 8.18. The molecule has 32 heavy (non-hydrogen) atoms. The summed E-state index contributed by atoms with van der Waals surface area (Å²) in [4.78, 5) is 22.4. The molecule has 4 heterocycles. The van der Waals surface area contributed by atoms with Gasteiger partial charge in [-0.15, -0.1) is 0 Å². The van der Waals surface area contributed by atoms with Gasteiger partial charge in [0, 0.05) is 42.7 Å². The summed E-state index contributed by atoms with van der Waals surface area (Å²) in [7, 11) is 0. The molecule has 2 aliphatic heterocycles. The molecule has 1 saturated heterocycles. The number of aliphatic imine (C=N–C) groups is 1. The molecule has 8 nitrogen and oxygen atoms in total. The van der Waals surface area contributed by atoms with E-state index in [1.54, 1.807) is 12.4 Å². The van der Waals surface area contributed by atoms with Crippen LogP contribution < -0.4 is 4.74 Å². The molecule has 0 spiro atoms. The van der Waals surface area contributed by atoms with Gasteiger partial charge in [0.2, 0.25) is 5.88 Å². The summed E-state index contributed by atoms with van der Waals surface area (Å²) in [5.74, 6) is 0.393. The molecule has 0 aromatic carbocycles. The summed E-state index contributed by atoms with van der Waals surface area (Å²) in [5.41, 5.74) is 4.60. The number of allylic oxidation sites excluding steroid dienone is 1. The number of aliphatic hydroxyl groups excluding tert-OH is 1. The van der Waals surface area contributed by atoms with E-state index in [1.807, 2.05) is 42.5 Å². The summed E-state index contributed by atoms with van der Waals surface area (Å²) in [6, 6.07) is 3.84. The average Bonchev–Trinajstić information content (AvgIpc) is 3.35. The Morgan fingerprint density at radius 3 is 2.94 bits per heavy atom. The summed E-state index contributed by atoms with van der Waals surface area (Å²) in [6.45, 7) is 7.55. The number of ether oxygens (including phenoxy) is 1. The van der Waals surface area contributed by atoms with Crippen LogP contribution in [0.4, 0.5) is 0 Å². The zero-order valence-electron chi connectivity index (χ0n) is 18.6. The van der Waals surface area contributed by atoms with E-state index in [2.05, 4.69) is 15.1 Å². The topological polar surface area (TPSA) is 92.8 Å². The van der Waals surface area contributed by atoms with Crippen LogP contribution >= 0.6 is 11.6 Å². The van der Waals surface area contributed by atoms with Gasteiger partial charge >= 0.3 is 0 Å². The van der Waals surface area contributed by atoms with Crippen LogP contribution in [-0.2, 0) is 4.79 Å². The third kappa shape index (κ3) is 4.29. The lowest BCUT2D eigenvalue weighted by molar-refractivity contribution is -0.113. The molecule has 1 unspecified atom stereocenters. The fraction of sp³-hybridized carbons (Fsp3) is 0.478. The summed E-state index contributed by atoms with van der Waals surface area (Å²) >= 11 is 6.20. The fourth-order valence-electron chi connectivity index (χ4n) is 4.36. The standard InChI is InChI=1S/C23H28ClN5O3/c1-4-17(13-30)29-15(3)22(14(2)27-29)16-5-7-26-21(9-16)32-18-6-8-28(12-18)19-10-25-11-20(31)23(19)24/h5,7,9-10,17-18,30H,4,6,8,11-13H2,1-3H3/t17?,18-/m1/s1. The molecular formula is C23H28ClN5O3. The molecule has 2 atom stereocenters. The Morgan fingerprint density at radius 1 is 1.38 bits per heavy atom. The number of rotatable bonds is 7. The smallest absolute Gasteiger partial charge is 0.214 e. The van der Waals surface area contributed by atoms with Crippen molar-refractivity contribution in [3.05, 3.63) is 40.4 Å². The number of dihydropyridines is 1. The summed E-state index contributed by atoms with van der Waals surface area (Å²) in [6.07, 6.45) is 4.94. The van der Waals surface area contributed by atoms with Gasteiger partial charge in [-0.25, -0.2) is 4.98 Å². The van der Waals surface area contributed by atoms with Crippen LogP contribution in [0.3, 0.4) is 0 Å². The molecule has 2 aromatic rings. The van der Waals surface area contributed by atoms with Gasteiger partial charge in [-0.3, -0.25) is 14.5 Å². The van der Waals surface area contributed by atoms with Crippen LogP contribution in [0.25, 0.3) is 11.1 Å². The summed E-state index contributed by atoms with van der Waals surface area (Å²) < 4.78 is 8.09. The van der Waals surface area contributed by atoms with Gasteiger partial charge in [0.05, 0.1) is 30.6 Å². The van der Waals surface area contributed by atoms with Crippen molar-refractivity contribution >= 4 is 23.6 Å². The first kappa shape index (κ1) is 22.5. The first-order valence-corrected chi connectivity index (χ1v) is 11.3. The molecule has 0 bridgehead atoms. The van der Waals surface area contributed by atoms with Gasteiger partial charge in [-0.2, -0.15) is 5.10 Å². The first-order valence-electron chi connectivity index (χ1n) is 10.9. The number of nitrogens with zero attached hydrogens (tertiary/aromatic N) is 5. The van der Waals surface area contributed by atoms with E-state index in [-0.39, 0.29) is 36.1 Å². The number of ketones is 1. The normalized spacial score (nSPS) is 19.7. The molecule has 0 radical (unpaired) electrons. The van der Waals surface area contributed by atoms with Gasteiger partial charge < -0.3 is 14.7 Å². The van der Waals surface area contributed by atoms with E-state index in [9.17, 15) is 9.90 Å². The SMILES string of the molecule is CCC(CO)n1nc(C)c(-c2ccnc(O[C@@H]3CCN(C4=C(Cl)C(=O)CN=C4)C3)c2)c1C. The second-order valence-corrected chi connectivity index (χ2v) is 8.56. The van der Waals surface area contributed by atoms with Crippen molar-refractivity contribution in [2.24, 2.45) is 4.99 Å². The predicted molar refractivity (Wildman–Crippen MR) is 123 cm³/mol. The number of Topliss-reactive ketones (excluding diaryl/α,β-unsaturated/α-hetero) is 1. The molecule has 1 N–H and O–H groups in total. The number of likely N-dealkylation sites (tertiary alicyclic amines) is 1. The van der Waals surface area contributed by atoms with Crippen molar-refractivity contribution in [3.8, 4) is 17.0 Å². The van der Waals surface area contributed by atoms with Gasteiger partial charge in [0.15, 0.2) is 5.78 Å². The molecule has 2 aromatic heterocycles. The van der Waals surface area contributed by atoms with Crippen LogP contribution in [0.1, 0.15) is 37.2 Å². The van der Waals surface area contributed by atoms with Crippen LogP contribution in [0.15, 0.2) is 34.1 Å². The molecule has 0 amide bonds. The molecule has 9 heteroatoms. The van der Waals surface area contributed by atoms with E-state index < -0.39 is 0 Å². The molecular weight excluding hydrogens is 430 g/mol. The highest BCUT2D eigenvalue weighted by molar-refractivity contribution is 6.44. The van der Waals surface area contributed by atoms with Crippen LogP contribution in [-0.4, -0.2) is 69.1 Å². The number of aromatic nitrogens is 3. The van der Waals surface area contributed by atoms with Crippen molar-refractivity contribution in [1.29, 1.82) is 0 Å². The molecule has 4 rings (SSSR count). The van der Waals surface area contributed by atoms with E-state index in [1.165, 1.54) is 0 Å². The molecule has 1 fully saturated rings. The van der Waals surface area contributed by atoms with Gasteiger partial charge in [0.1, 0.15) is 17.7 Å². The van der Waals surface area contributed by atoms with E-state index >= 15 is 0 Å². The zero-order valence-corrected chi connectivity index (χ0v) is 19.3. The predicted octanol–water partition coefficient (Wildman–Crippen LogP) is 3.06. The maximum Gasteiger partial charge on any atom is 0.214 e. The number of hydrogen-bond acceptors (Lipinski definition) is 7. The number of hydrogen-bond donors (Lipinski definition) is 1. The Balaban J connectivity index is 1.51. The van der Waals surface area contributed by atoms with E-state index in [0.29, 0.717) is 18.1 Å². The summed E-state index contributed by atoms with van der Waals surface area (Å²) in [5, 5.41) is 14.6. The zero-order chi connectivity index (χ0) is 22.8.